The number of halogens is 4. The summed E-state index contributed by atoms with van der Waals surface area (Å²) in [6, 6.07) is 8.06. The Morgan fingerprint density at radius 1 is 1.29 bits per heavy atom. The van der Waals surface area contributed by atoms with Gasteiger partial charge >= 0.3 is 12.2 Å². The first-order valence-corrected chi connectivity index (χ1v) is 9.18. The molecule has 0 fully saturated rings. The zero-order valence-electron chi connectivity index (χ0n) is 15.7. The van der Waals surface area contributed by atoms with E-state index in [9.17, 15) is 22.8 Å². The molecule has 0 saturated heterocycles. The highest BCUT2D eigenvalue weighted by atomic mass is 35.5. The van der Waals surface area contributed by atoms with Gasteiger partial charge in [0.15, 0.2) is 6.10 Å². The number of primary amides is 1. The molecule has 1 aromatic carbocycles. The van der Waals surface area contributed by atoms with Gasteiger partial charge in [-0.15, -0.1) is 0 Å². The Kier molecular flexibility index (Phi) is 6.49. The first-order chi connectivity index (χ1) is 14.6. The Morgan fingerprint density at radius 2 is 2.00 bits per heavy atom. The lowest BCUT2D eigenvalue weighted by Gasteiger charge is -2.20. The normalized spacial score (nSPS) is 15.6. The molecular formula is C18H16ClF3N6O3. The minimum absolute atomic E-state index is 0.000423. The van der Waals surface area contributed by atoms with E-state index in [0.717, 1.165) is 11.1 Å². The summed E-state index contributed by atoms with van der Waals surface area (Å²) in [5.41, 5.74) is 7.03. The summed E-state index contributed by atoms with van der Waals surface area (Å²) in [5, 5.41) is 7.09. The van der Waals surface area contributed by atoms with Crippen molar-refractivity contribution in [3.8, 4) is 0 Å². The van der Waals surface area contributed by atoms with Gasteiger partial charge in [-0.25, -0.2) is 14.8 Å². The van der Waals surface area contributed by atoms with E-state index in [1.54, 1.807) is 30.3 Å². The number of nitrogens with zero attached hydrogens (tertiary/aromatic N) is 3. The molecule has 0 radical (unpaired) electrons. The summed E-state index contributed by atoms with van der Waals surface area (Å²) in [7, 11) is 0. The molecule has 9 nitrogen and oxygen atoms in total. The van der Waals surface area contributed by atoms with Crippen molar-refractivity contribution in [2.24, 2.45) is 10.9 Å². The molecule has 164 valence electrons. The summed E-state index contributed by atoms with van der Waals surface area (Å²) in [4.78, 5) is 32.9. The fourth-order valence-electron chi connectivity index (χ4n) is 2.60. The largest absolute Gasteiger partial charge is 0.417 e. The number of rotatable bonds is 5. The number of benzene rings is 1. The van der Waals surface area contributed by atoms with Gasteiger partial charge in [0.2, 0.25) is 0 Å². The van der Waals surface area contributed by atoms with Crippen LogP contribution in [0.5, 0.6) is 0 Å². The van der Waals surface area contributed by atoms with Gasteiger partial charge in [-0.05, 0) is 18.2 Å². The monoisotopic (exact) mass is 456 g/mol. The maximum Gasteiger partial charge on any atom is 0.417 e. The van der Waals surface area contributed by atoms with Crippen molar-refractivity contribution in [2.45, 2.75) is 18.7 Å². The molecule has 1 aliphatic heterocycles. The van der Waals surface area contributed by atoms with E-state index in [0.29, 0.717) is 11.9 Å². The fraction of sp³-hybridized carbons (Fsp3) is 0.222. The number of alkyl halides is 3. The number of anilines is 2. The maximum absolute atomic E-state index is 12.7. The molecular weight excluding hydrogens is 441 g/mol. The van der Waals surface area contributed by atoms with Gasteiger partial charge in [0.05, 0.1) is 22.8 Å². The Balaban J connectivity index is 1.55. The highest BCUT2D eigenvalue weighted by molar-refractivity contribution is 6.39. The third-order valence-corrected chi connectivity index (χ3v) is 4.40. The molecule has 3 amide bonds. The Labute approximate surface area is 179 Å². The molecule has 0 spiro atoms. The van der Waals surface area contributed by atoms with Crippen molar-refractivity contribution >= 4 is 40.8 Å². The lowest BCUT2D eigenvalue weighted by Crippen LogP contribution is -2.51. The molecule has 4 N–H and O–H groups in total. The Morgan fingerprint density at radius 3 is 2.61 bits per heavy atom. The molecule has 1 unspecified atom stereocenters. The first-order valence-electron chi connectivity index (χ1n) is 8.80. The van der Waals surface area contributed by atoms with Crippen LogP contribution >= 0.6 is 11.6 Å². The van der Waals surface area contributed by atoms with E-state index in [2.05, 4.69) is 20.9 Å². The van der Waals surface area contributed by atoms with Crippen LogP contribution in [0.15, 0.2) is 47.8 Å². The number of carbonyl (C=O) groups is 2. The smallest absolute Gasteiger partial charge is 0.390 e. The van der Waals surface area contributed by atoms with Crippen molar-refractivity contribution in [3.05, 3.63) is 53.2 Å². The number of aromatic nitrogens is 1. The number of nitrogens with two attached hydrogens (primary N) is 1. The summed E-state index contributed by atoms with van der Waals surface area (Å²) < 4.78 is 38.0. The summed E-state index contributed by atoms with van der Waals surface area (Å²) in [5.74, 6) is -0.670. The number of nitrogens with one attached hydrogen (secondary N) is 2. The second-order valence-corrected chi connectivity index (χ2v) is 6.76. The molecule has 1 aromatic heterocycles. The quantitative estimate of drug-likeness (QED) is 0.597. The molecule has 1 aliphatic rings. The number of hydrogen-bond acceptors (Lipinski definition) is 6. The third kappa shape index (κ3) is 5.54. The summed E-state index contributed by atoms with van der Waals surface area (Å²) in [6.07, 6.45) is -4.45. The van der Waals surface area contributed by atoms with Crippen LogP contribution in [0.1, 0.15) is 12.0 Å². The van der Waals surface area contributed by atoms with Crippen LogP contribution in [0.3, 0.4) is 0 Å². The predicted octanol–water partition coefficient (Wildman–Crippen LogP) is 2.93. The van der Waals surface area contributed by atoms with Gasteiger partial charge in [-0.1, -0.05) is 35.0 Å². The second-order valence-electron chi connectivity index (χ2n) is 6.35. The lowest BCUT2D eigenvalue weighted by atomic mass is 10.1. The van der Waals surface area contributed by atoms with Gasteiger partial charge in [-0.2, -0.15) is 13.2 Å². The van der Waals surface area contributed by atoms with E-state index in [1.165, 1.54) is 0 Å². The summed E-state index contributed by atoms with van der Waals surface area (Å²) >= 11 is 5.84. The van der Waals surface area contributed by atoms with Crippen LogP contribution in [0.25, 0.3) is 0 Å². The first kappa shape index (κ1) is 22.2. The van der Waals surface area contributed by atoms with Crippen molar-refractivity contribution < 1.29 is 27.6 Å². The van der Waals surface area contributed by atoms with E-state index in [-0.39, 0.29) is 29.5 Å². The standard InChI is InChI=1S/C18H16ClF3N6O3/c19-13-6-10(18(20,21)22)8-24-15(13)25-9-12-7-14(27-31-12)16(29)26-28(17(23)30)11-4-2-1-3-5-11/h1-6,8,12H,7,9H2,(H2,23,30)(H,24,25)(H,26,29). The minimum Gasteiger partial charge on any atom is -0.390 e. The number of pyridine rings is 1. The zero-order valence-corrected chi connectivity index (χ0v) is 16.4. The molecule has 0 saturated carbocycles. The van der Waals surface area contributed by atoms with Crippen LogP contribution < -0.4 is 21.5 Å². The minimum atomic E-state index is -4.56. The van der Waals surface area contributed by atoms with Gasteiger partial charge < -0.3 is 15.9 Å². The molecule has 2 aromatic rings. The number of amides is 3. The van der Waals surface area contributed by atoms with Crippen LogP contribution in [-0.2, 0) is 15.8 Å². The number of oxime groups is 1. The van der Waals surface area contributed by atoms with Gasteiger partial charge in [-0.3, -0.25) is 10.2 Å². The highest BCUT2D eigenvalue weighted by Crippen LogP contribution is 2.32. The number of hydrogen-bond donors (Lipinski definition) is 3. The van der Waals surface area contributed by atoms with Gasteiger partial charge in [0.1, 0.15) is 11.5 Å². The average Bonchev–Trinajstić information content (AvgIpc) is 3.20. The summed E-state index contributed by atoms with van der Waals surface area (Å²) in [6.45, 7) is 0.0661. The van der Waals surface area contributed by atoms with Crippen LogP contribution in [0, 0.1) is 0 Å². The SMILES string of the molecule is NC(=O)N(NC(=O)C1=NOC(CNc2ncc(C(F)(F)F)cc2Cl)C1)c1ccccc1. The second kappa shape index (κ2) is 9.08. The lowest BCUT2D eigenvalue weighted by molar-refractivity contribution is -0.137. The molecule has 2 heterocycles. The van der Waals surface area contributed by atoms with E-state index in [4.69, 9.17) is 22.2 Å². The van der Waals surface area contributed by atoms with Crippen LogP contribution in [0.4, 0.5) is 29.5 Å². The van der Waals surface area contributed by atoms with Gasteiger partial charge in [0.25, 0.3) is 5.91 Å². The van der Waals surface area contributed by atoms with Crippen molar-refractivity contribution in [2.75, 3.05) is 16.9 Å². The topological polar surface area (TPSA) is 122 Å². The molecule has 0 aliphatic carbocycles. The Bertz CT molecular complexity index is 1000. The number of para-hydroxylation sites is 1. The van der Waals surface area contributed by atoms with Crippen molar-refractivity contribution in [1.29, 1.82) is 0 Å². The van der Waals surface area contributed by atoms with Crippen molar-refractivity contribution in [3.63, 3.8) is 0 Å². The number of hydrazine groups is 1. The molecule has 0 bridgehead atoms. The van der Waals surface area contributed by atoms with Crippen molar-refractivity contribution in [1.82, 2.24) is 10.4 Å². The number of urea groups is 1. The average molecular weight is 457 g/mol. The highest BCUT2D eigenvalue weighted by Gasteiger charge is 2.32. The zero-order chi connectivity index (χ0) is 22.6. The van der Waals surface area contributed by atoms with E-state index in [1.807, 2.05) is 0 Å². The molecule has 3 rings (SSSR count). The Hall–Kier alpha value is -3.54. The molecule has 31 heavy (non-hydrogen) atoms. The van der Waals surface area contributed by atoms with Crippen LogP contribution in [-0.4, -0.2) is 35.3 Å². The third-order valence-electron chi connectivity index (χ3n) is 4.11. The maximum atomic E-state index is 12.7. The predicted molar refractivity (Wildman–Crippen MR) is 106 cm³/mol. The fourth-order valence-corrected chi connectivity index (χ4v) is 2.83. The number of carbonyl (C=O) groups excluding carboxylic acids is 2. The van der Waals surface area contributed by atoms with E-state index >= 15 is 0 Å². The van der Waals surface area contributed by atoms with Crippen LogP contribution in [0.2, 0.25) is 5.02 Å². The molecule has 13 heteroatoms. The molecule has 1 atom stereocenters. The van der Waals surface area contributed by atoms with Gasteiger partial charge in [0, 0.05) is 12.6 Å². The van der Waals surface area contributed by atoms with E-state index < -0.39 is 29.8 Å².